The lowest BCUT2D eigenvalue weighted by Crippen LogP contribution is -2.46. The van der Waals surface area contributed by atoms with Gasteiger partial charge in [-0.2, -0.15) is 0 Å². The maximum Gasteiger partial charge on any atom is 0.309 e. The predicted molar refractivity (Wildman–Crippen MR) is 215 cm³/mol. The molecule has 53 heavy (non-hydrogen) atoms. The highest BCUT2D eigenvalue weighted by Gasteiger charge is 2.46. The zero-order chi connectivity index (χ0) is 37.9. The van der Waals surface area contributed by atoms with Gasteiger partial charge in [-0.1, -0.05) is 94.4 Å². The van der Waals surface area contributed by atoms with E-state index in [1.807, 2.05) is 39.8 Å². The molecule has 8 N–H and O–H groups in total. The molecule has 0 radical (unpaired) electrons. The zero-order valence-electron chi connectivity index (χ0n) is 31.0. The molecule has 6 rings (SSSR count). The van der Waals surface area contributed by atoms with Gasteiger partial charge in [-0.15, -0.1) is 0 Å². The van der Waals surface area contributed by atoms with Crippen LogP contribution in [0.1, 0.15) is 74.1 Å². The van der Waals surface area contributed by atoms with Crippen LogP contribution < -0.4 is 5.73 Å². The fourth-order valence-corrected chi connectivity index (χ4v) is 12.0. The Balaban J connectivity index is 1.52. The highest BCUT2D eigenvalue weighted by molar-refractivity contribution is 8.76. The number of rotatable bonds is 13. The second kappa shape index (κ2) is 20.7. The SMILES string of the molecule is CC(O)C(C(=O)O)C1C2C=CC(CC(CC=CC(O)C(O)C3CCC(O)CC3)C(Cc3cccc(CO)c3)CSSCc3ccccc3C2)C1CCN. The van der Waals surface area contributed by atoms with Gasteiger partial charge < -0.3 is 36.4 Å². The van der Waals surface area contributed by atoms with Gasteiger partial charge in [0.15, 0.2) is 0 Å². The molecule has 2 heterocycles. The molecule has 2 aromatic rings. The van der Waals surface area contributed by atoms with Gasteiger partial charge in [0, 0.05) is 11.5 Å². The fraction of sp³-hybridized carbons (Fsp3) is 0.605. The summed E-state index contributed by atoms with van der Waals surface area (Å²) in [7, 11) is 3.72. The third-order valence-corrected chi connectivity index (χ3v) is 14.7. The van der Waals surface area contributed by atoms with E-state index in [0.717, 1.165) is 35.5 Å². The van der Waals surface area contributed by atoms with Crippen LogP contribution in [0.15, 0.2) is 72.8 Å². The van der Waals surface area contributed by atoms with Crippen LogP contribution in [0.2, 0.25) is 0 Å². The van der Waals surface area contributed by atoms with E-state index < -0.39 is 30.2 Å². The van der Waals surface area contributed by atoms with E-state index >= 15 is 0 Å². The molecular weight excluding hydrogens is 707 g/mol. The summed E-state index contributed by atoms with van der Waals surface area (Å²) in [5.74, 6) is -0.344. The second-order valence-electron chi connectivity index (χ2n) is 15.8. The van der Waals surface area contributed by atoms with Gasteiger partial charge in [0.2, 0.25) is 0 Å². The molecule has 1 saturated carbocycles. The monoisotopic (exact) mass is 767 g/mol. The Morgan fingerprint density at radius 3 is 2.36 bits per heavy atom. The lowest BCUT2D eigenvalue weighted by atomic mass is 9.60. The van der Waals surface area contributed by atoms with Gasteiger partial charge >= 0.3 is 5.97 Å². The summed E-state index contributed by atoms with van der Waals surface area (Å²) in [4.78, 5) is 12.9. The summed E-state index contributed by atoms with van der Waals surface area (Å²) in [6.45, 7) is 1.99. The lowest BCUT2D eigenvalue weighted by Gasteiger charge is -2.45. The number of aliphatic hydroxyl groups excluding tert-OH is 5. The van der Waals surface area contributed by atoms with E-state index in [1.54, 1.807) is 13.0 Å². The molecule has 292 valence electrons. The minimum absolute atomic E-state index is 0.0287. The summed E-state index contributed by atoms with van der Waals surface area (Å²) < 4.78 is 0. The van der Waals surface area contributed by atoms with E-state index in [1.165, 1.54) is 11.1 Å². The fourth-order valence-electron chi connectivity index (χ4n) is 9.41. The highest BCUT2D eigenvalue weighted by Crippen LogP contribution is 2.48. The van der Waals surface area contributed by atoms with Gasteiger partial charge in [-0.05, 0) is 135 Å². The summed E-state index contributed by atoms with van der Waals surface area (Å²) in [6.07, 6.45) is 11.3. The Morgan fingerprint density at radius 1 is 0.943 bits per heavy atom. The summed E-state index contributed by atoms with van der Waals surface area (Å²) in [5, 5.41) is 63.6. The first-order valence-electron chi connectivity index (χ1n) is 19.6. The van der Waals surface area contributed by atoms with Crippen LogP contribution in [0.4, 0.5) is 0 Å². The number of aliphatic hydroxyl groups is 5. The van der Waals surface area contributed by atoms with Crippen LogP contribution >= 0.6 is 21.6 Å². The number of hydrogen-bond donors (Lipinski definition) is 7. The number of carbonyl (C=O) groups is 1. The Kier molecular flexibility index (Phi) is 16.4. The van der Waals surface area contributed by atoms with E-state index in [9.17, 15) is 35.4 Å². The van der Waals surface area contributed by atoms with E-state index in [-0.39, 0.29) is 54.1 Å². The predicted octanol–water partition coefficient (Wildman–Crippen LogP) is 6.17. The van der Waals surface area contributed by atoms with E-state index in [0.29, 0.717) is 51.5 Å². The number of nitrogens with two attached hydrogens (primary N) is 1. The topological polar surface area (TPSA) is 164 Å². The third kappa shape index (κ3) is 11.4. The van der Waals surface area contributed by atoms with Crippen LogP contribution in [0, 0.1) is 47.3 Å². The molecule has 10 atom stereocenters. The summed E-state index contributed by atoms with van der Waals surface area (Å²) >= 11 is 0. The maximum atomic E-state index is 12.9. The van der Waals surface area contributed by atoms with Crippen LogP contribution in [-0.4, -0.2) is 73.3 Å². The first-order valence-corrected chi connectivity index (χ1v) is 22.1. The molecule has 8 nitrogen and oxygen atoms in total. The average Bonchev–Trinajstić information content (AvgIpc) is 3.14. The van der Waals surface area contributed by atoms with Gasteiger partial charge in [-0.3, -0.25) is 4.79 Å². The van der Waals surface area contributed by atoms with Gasteiger partial charge in [0.1, 0.15) is 0 Å². The molecule has 0 spiro atoms. The summed E-state index contributed by atoms with van der Waals surface area (Å²) in [5.41, 5.74) is 10.8. The zero-order valence-corrected chi connectivity index (χ0v) is 32.7. The number of allylic oxidation sites excluding steroid dienone is 3. The van der Waals surface area contributed by atoms with Gasteiger partial charge in [-0.25, -0.2) is 0 Å². The van der Waals surface area contributed by atoms with Crippen LogP contribution in [-0.2, 0) is 30.0 Å². The molecule has 2 bridgehead atoms. The maximum absolute atomic E-state index is 12.9. The Hall–Kier alpha value is -2.15. The number of carboxylic acids is 1. The first-order chi connectivity index (χ1) is 25.6. The van der Waals surface area contributed by atoms with Crippen molar-refractivity contribution in [3.8, 4) is 0 Å². The van der Waals surface area contributed by atoms with Crippen molar-refractivity contribution in [1.82, 2.24) is 0 Å². The molecule has 10 heteroatoms. The average molecular weight is 768 g/mol. The Labute approximate surface area is 323 Å². The van der Waals surface area contributed by atoms with Crippen molar-refractivity contribution in [3.63, 3.8) is 0 Å². The largest absolute Gasteiger partial charge is 0.481 e. The minimum Gasteiger partial charge on any atom is -0.481 e. The standard InChI is InChI=1S/C43H61NO7S2/c1-27(46)40(43(50)51)41-34-13-12-33(38(41)18-19-44)22-32(10-5-11-39(48)42(49)30-14-16-37(47)17-15-30)36(21-28-6-4-7-29(20-28)24-45)26-53-52-25-35-9-3-2-8-31(35)23-34/h2-9,11-13,20,27,30,32-34,36-42,45-49H,10,14-19,21-26,44H2,1H3,(H,50,51). The van der Waals surface area contributed by atoms with Crippen molar-refractivity contribution >= 4 is 27.6 Å². The molecule has 0 amide bonds. The molecule has 10 unspecified atom stereocenters. The number of fused-ring (bicyclic) bond motifs is 7. The second-order valence-corrected chi connectivity index (χ2v) is 18.3. The lowest BCUT2D eigenvalue weighted by molar-refractivity contribution is -0.151. The molecule has 4 aliphatic rings. The smallest absolute Gasteiger partial charge is 0.309 e. The first kappa shape index (κ1) is 42.0. The third-order valence-electron chi connectivity index (χ3n) is 12.3. The van der Waals surface area contributed by atoms with Crippen LogP contribution in [0.3, 0.4) is 0 Å². The molecule has 0 aromatic heterocycles. The number of carboxylic acid groups (broad SMARTS) is 1. The quantitative estimate of drug-likeness (QED) is 0.0927. The van der Waals surface area contributed by atoms with Crippen molar-refractivity contribution in [3.05, 3.63) is 95.1 Å². The molecule has 1 fully saturated rings. The van der Waals surface area contributed by atoms with Crippen LogP contribution in [0.5, 0.6) is 0 Å². The Bertz CT molecular complexity index is 1490. The van der Waals surface area contributed by atoms with Crippen molar-refractivity contribution in [2.24, 2.45) is 53.1 Å². The minimum atomic E-state index is -1.03. The number of aliphatic carboxylic acids is 1. The number of hydrogen-bond acceptors (Lipinski definition) is 9. The van der Waals surface area contributed by atoms with E-state index in [4.69, 9.17) is 5.73 Å². The summed E-state index contributed by atoms with van der Waals surface area (Å²) in [6, 6.07) is 16.6. The number of benzene rings is 2. The normalized spacial score (nSPS) is 30.6. The molecule has 2 aliphatic heterocycles. The Morgan fingerprint density at radius 2 is 1.66 bits per heavy atom. The van der Waals surface area contributed by atoms with Crippen molar-refractivity contribution in [1.29, 1.82) is 0 Å². The molecule has 2 aliphatic carbocycles. The molecule has 2 aromatic carbocycles. The van der Waals surface area contributed by atoms with E-state index in [2.05, 4.69) is 48.6 Å². The van der Waals surface area contributed by atoms with Gasteiger partial charge in [0.25, 0.3) is 0 Å². The van der Waals surface area contributed by atoms with Crippen molar-refractivity contribution in [2.45, 2.75) is 101 Å². The molecule has 0 saturated heterocycles. The van der Waals surface area contributed by atoms with Gasteiger partial charge in [0.05, 0.1) is 36.9 Å². The van der Waals surface area contributed by atoms with Crippen molar-refractivity contribution in [2.75, 3.05) is 12.3 Å². The highest BCUT2D eigenvalue weighted by atomic mass is 33.1. The van der Waals surface area contributed by atoms with Crippen LogP contribution in [0.25, 0.3) is 0 Å². The molecular formula is C43H61NO7S2. The van der Waals surface area contributed by atoms with Crippen molar-refractivity contribution < 1.29 is 35.4 Å².